The maximum atomic E-state index is 11.2. The van der Waals surface area contributed by atoms with Crippen LogP contribution in [-0.4, -0.2) is 38.6 Å². The number of pyridine rings is 1. The smallest absolute Gasteiger partial charge is 0.320 e. The number of nitrogen functional groups attached to an aromatic ring is 1. The lowest BCUT2D eigenvalue weighted by atomic mass is 9.91. The van der Waals surface area contributed by atoms with E-state index >= 15 is 0 Å². The van der Waals surface area contributed by atoms with Gasteiger partial charge in [-0.05, 0) is 30.5 Å². The molecule has 1 fully saturated rings. The highest BCUT2D eigenvalue weighted by atomic mass is 16.4. The third kappa shape index (κ3) is 3.74. The van der Waals surface area contributed by atoms with Gasteiger partial charge in [0.1, 0.15) is 11.9 Å². The van der Waals surface area contributed by atoms with E-state index in [1.165, 1.54) is 6.20 Å². The molecule has 8 nitrogen and oxygen atoms in total. The first kappa shape index (κ1) is 18.8. The van der Waals surface area contributed by atoms with Crippen molar-refractivity contribution in [1.82, 2.24) is 20.3 Å². The zero-order valence-corrected chi connectivity index (χ0v) is 15.7. The molecule has 1 aliphatic rings. The van der Waals surface area contributed by atoms with Crippen molar-refractivity contribution in [1.29, 1.82) is 0 Å². The van der Waals surface area contributed by atoms with Gasteiger partial charge in [0.15, 0.2) is 5.82 Å². The lowest BCUT2D eigenvalue weighted by Crippen LogP contribution is -2.43. The van der Waals surface area contributed by atoms with Crippen LogP contribution in [0.4, 0.5) is 5.82 Å². The zero-order chi connectivity index (χ0) is 20.4. The first-order chi connectivity index (χ1) is 14.1. The normalized spacial score (nSPS) is 19.9. The van der Waals surface area contributed by atoms with E-state index in [0.29, 0.717) is 36.6 Å². The molecule has 3 heterocycles. The number of hydrogen-bond donors (Lipinski definition) is 4. The summed E-state index contributed by atoms with van der Waals surface area (Å²) in [5.41, 5.74) is 15.2. The number of carbonyl (C=O) groups is 1. The van der Waals surface area contributed by atoms with Crippen molar-refractivity contribution >= 4 is 28.3 Å². The van der Waals surface area contributed by atoms with Crippen LogP contribution in [0.2, 0.25) is 0 Å². The average Bonchev–Trinajstić information content (AvgIpc) is 2.74. The zero-order valence-electron chi connectivity index (χ0n) is 15.7. The van der Waals surface area contributed by atoms with Crippen LogP contribution in [0.1, 0.15) is 35.8 Å². The number of aromatic nitrogens is 3. The number of benzene rings is 1. The maximum absolute atomic E-state index is 11.2. The molecule has 1 aromatic carbocycles. The number of rotatable bonds is 4. The minimum Gasteiger partial charge on any atom is -0.480 e. The summed E-state index contributed by atoms with van der Waals surface area (Å²) in [6.07, 6.45) is 4.46. The molecular formula is C21H22N6O2. The van der Waals surface area contributed by atoms with Gasteiger partial charge in [-0.25, -0.2) is 9.97 Å². The molecule has 0 aliphatic carbocycles. The number of nitrogens with zero attached hydrogens (tertiary/aromatic N) is 3. The summed E-state index contributed by atoms with van der Waals surface area (Å²) in [6, 6.07) is 10.9. The Hall–Kier alpha value is -3.52. The van der Waals surface area contributed by atoms with E-state index in [1.807, 2.05) is 30.3 Å². The van der Waals surface area contributed by atoms with Crippen molar-refractivity contribution in [3.05, 3.63) is 65.9 Å². The molecular weight excluding hydrogens is 368 g/mol. The summed E-state index contributed by atoms with van der Waals surface area (Å²) in [7, 11) is 0. The molecule has 148 valence electrons. The predicted molar refractivity (Wildman–Crippen MR) is 111 cm³/mol. The van der Waals surface area contributed by atoms with E-state index in [0.717, 1.165) is 22.2 Å². The molecule has 3 aromatic rings. The second-order valence-corrected chi connectivity index (χ2v) is 7.07. The number of nitrogens with one attached hydrogen (secondary N) is 1. The van der Waals surface area contributed by atoms with Gasteiger partial charge >= 0.3 is 5.97 Å². The maximum Gasteiger partial charge on any atom is 0.320 e. The van der Waals surface area contributed by atoms with Gasteiger partial charge in [0, 0.05) is 41.9 Å². The Morgan fingerprint density at radius 3 is 2.76 bits per heavy atom. The average molecular weight is 390 g/mol. The van der Waals surface area contributed by atoms with Gasteiger partial charge in [0.2, 0.25) is 0 Å². The van der Waals surface area contributed by atoms with Gasteiger partial charge in [0.25, 0.3) is 0 Å². The Morgan fingerprint density at radius 2 is 2.03 bits per heavy atom. The third-order valence-electron chi connectivity index (χ3n) is 5.24. The van der Waals surface area contributed by atoms with E-state index in [4.69, 9.17) is 21.6 Å². The number of nitrogens with two attached hydrogens (primary N) is 2. The Kier molecular flexibility index (Phi) is 5.09. The van der Waals surface area contributed by atoms with Gasteiger partial charge < -0.3 is 21.9 Å². The van der Waals surface area contributed by atoms with Gasteiger partial charge in [-0.3, -0.25) is 9.78 Å². The van der Waals surface area contributed by atoms with Crippen molar-refractivity contribution in [3.63, 3.8) is 0 Å². The summed E-state index contributed by atoms with van der Waals surface area (Å²) in [5, 5.41) is 13.2. The highest BCUT2D eigenvalue weighted by molar-refractivity contribution is 5.94. The highest BCUT2D eigenvalue weighted by Crippen LogP contribution is 2.30. The minimum absolute atomic E-state index is 0.0582. The fourth-order valence-electron chi connectivity index (χ4n) is 3.75. The molecule has 6 N–H and O–H groups in total. The van der Waals surface area contributed by atoms with Gasteiger partial charge in [-0.1, -0.05) is 18.2 Å². The monoisotopic (exact) mass is 390 g/mol. The molecule has 0 bridgehead atoms. The third-order valence-corrected chi connectivity index (χ3v) is 5.24. The van der Waals surface area contributed by atoms with E-state index in [-0.39, 0.29) is 5.92 Å². The Bertz CT molecular complexity index is 1080. The second-order valence-electron chi connectivity index (χ2n) is 7.07. The lowest BCUT2D eigenvalue weighted by molar-refractivity contribution is -0.140. The first-order valence-corrected chi connectivity index (χ1v) is 9.44. The quantitative estimate of drug-likeness (QED) is 0.529. The molecule has 1 aliphatic heterocycles. The number of carboxylic acid groups (broad SMARTS) is 1. The van der Waals surface area contributed by atoms with Crippen LogP contribution in [0.3, 0.4) is 0 Å². The van der Waals surface area contributed by atoms with Crippen molar-refractivity contribution < 1.29 is 9.90 Å². The molecule has 4 rings (SSSR count). The van der Waals surface area contributed by atoms with E-state index in [2.05, 4.69) is 15.3 Å². The number of hydrogen-bond acceptors (Lipinski definition) is 7. The van der Waals surface area contributed by atoms with Crippen LogP contribution >= 0.6 is 0 Å². The standard InChI is InChI=1S/C21H22N6O2/c22-10-15(13-7-8-24-16-4-2-1-3-14(13)16)20-26-18(9-19(23)27-20)12-5-6-17(21(28)29)25-11-12/h1-4,7-10,12,17,25H,5-6,11,22H2,(H,28,29)(H2,23,26,27). The molecule has 2 atom stereocenters. The van der Waals surface area contributed by atoms with Crippen molar-refractivity contribution in [2.75, 3.05) is 12.3 Å². The fraction of sp³-hybridized carbons (Fsp3) is 0.238. The summed E-state index contributed by atoms with van der Waals surface area (Å²) in [4.78, 5) is 24.7. The fourth-order valence-corrected chi connectivity index (χ4v) is 3.75. The number of fused-ring (bicyclic) bond motifs is 1. The van der Waals surface area contributed by atoms with Gasteiger partial charge in [-0.15, -0.1) is 0 Å². The van der Waals surface area contributed by atoms with Crippen LogP contribution in [0, 0.1) is 0 Å². The van der Waals surface area contributed by atoms with Crippen molar-refractivity contribution in [2.45, 2.75) is 24.8 Å². The molecule has 0 saturated carbocycles. The first-order valence-electron chi connectivity index (χ1n) is 9.44. The Balaban J connectivity index is 1.70. The number of anilines is 1. The number of para-hydroxylation sites is 1. The summed E-state index contributed by atoms with van der Waals surface area (Å²) < 4.78 is 0. The highest BCUT2D eigenvalue weighted by Gasteiger charge is 2.27. The molecule has 0 amide bonds. The second kappa shape index (κ2) is 7.84. The van der Waals surface area contributed by atoms with Crippen LogP contribution in [0.25, 0.3) is 16.5 Å². The summed E-state index contributed by atoms with van der Waals surface area (Å²) >= 11 is 0. The van der Waals surface area contributed by atoms with Crippen LogP contribution < -0.4 is 16.8 Å². The number of aliphatic carboxylic acids is 1. The largest absolute Gasteiger partial charge is 0.480 e. The van der Waals surface area contributed by atoms with E-state index < -0.39 is 12.0 Å². The van der Waals surface area contributed by atoms with E-state index in [1.54, 1.807) is 12.3 Å². The summed E-state index contributed by atoms with van der Waals surface area (Å²) in [5.74, 6) is 0.0226. The predicted octanol–water partition coefficient (Wildman–Crippen LogP) is 1.88. The van der Waals surface area contributed by atoms with Crippen molar-refractivity contribution in [2.24, 2.45) is 5.73 Å². The minimum atomic E-state index is -0.829. The molecule has 0 spiro atoms. The van der Waals surface area contributed by atoms with Gasteiger partial charge in [-0.2, -0.15) is 0 Å². The molecule has 2 aromatic heterocycles. The summed E-state index contributed by atoms with van der Waals surface area (Å²) in [6.45, 7) is 0.521. The number of piperidine rings is 1. The lowest BCUT2D eigenvalue weighted by Gasteiger charge is -2.27. The van der Waals surface area contributed by atoms with Crippen LogP contribution in [-0.2, 0) is 4.79 Å². The molecule has 1 saturated heterocycles. The number of carboxylic acids is 1. The van der Waals surface area contributed by atoms with Gasteiger partial charge in [0.05, 0.1) is 11.2 Å². The molecule has 2 unspecified atom stereocenters. The molecule has 0 radical (unpaired) electrons. The topological polar surface area (TPSA) is 140 Å². The van der Waals surface area contributed by atoms with E-state index in [9.17, 15) is 4.79 Å². The van der Waals surface area contributed by atoms with Crippen LogP contribution in [0.5, 0.6) is 0 Å². The Labute approximate surface area is 167 Å². The van der Waals surface area contributed by atoms with Crippen LogP contribution in [0.15, 0.2) is 48.8 Å². The SMILES string of the molecule is NC=C(c1nc(N)cc(C2CCC(C(=O)O)NC2)n1)c1ccnc2ccccc12. The van der Waals surface area contributed by atoms with Crippen molar-refractivity contribution in [3.8, 4) is 0 Å². The molecule has 29 heavy (non-hydrogen) atoms. The molecule has 8 heteroatoms. The Morgan fingerprint density at radius 1 is 1.21 bits per heavy atom.